The van der Waals surface area contributed by atoms with Crippen molar-refractivity contribution in [2.24, 2.45) is 0 Å². The Morgan fingerprint density at radius 1 is 0.893 bits per heavy atom. The summed E-state index contributed by atoms with van der Waals surface area (Å²) in [5, 5.41) is 0.641. The molecular weight excluding hydrogens is 349 g/mol. The first-order valence-corrected chi connectivity index (χ1v) is 9.10. The van der Waals surface area contributed by atoms with Gasteiger partial charge < -0.3 is 4.98 Å². The molecule has 0 atom stereocenters. The Bertz CT molecular complexity index is 1230. The summed E-state index contributed by atoms with van der Waals surface area (Å²) in [5.41, 5.74) is 4.40. The minimum absolute atomic E-state index is 0.0276. The van der Waals surface area contributed by atoms with Gasteiger partial charge in [-0.05, 0) is 41.5 Å². The highest BCUT2D eigenvalue weighted by molar-refractivity contribution is 5.80. The predicted octanol–water partition coefficient (Wildman–Crippen LogP) is 4.85. The lowest BCUT2D eigenvalue weighted by molar-refractivity contribution is 0.627. The lowest BCUT2D eigenvalue weighted by Gasteiger charge is -2.04. The average Bonchev–Trinajstić information content (AvgIpc) is 2.73. The molecular formula is C25H18FNO. The molecule has 2 nitrogen and oxygen atoms in total. The molecule has 0 unspecified atom stereocenters. The number of hydrogen-bond acceptors (Lipinski definition) is 1. The Morgan fingerprint density at radius 2 is 1.68 bits per heavy atom. The van der Waals surface area contributed by atoms with Gasteiger partial charge >= 0.3 is 0 Å². The molecule has 0 aliphatic carbocycles. The molecule has 1 aromatic heterocycles. The highest BCUT2D eigenvalue weighted by atomic mass is 19.1. The Morgan fingerprint density at radius 3 is 2.46 bits per heavy atom. The zero-order valence-corrected chi connectivity index (χ0v) is 15.2. The summed E-state index contributed by atoms with van der Waals surface area (Å²) in [5.74, 6) is 5.94. The molecule has 3 aromatic carbocycles. The van der Waals surface area contributed by atoms with Gasteiger partial charge in [-0.1, -0.05) is 54.3 Å². The molecule has 0 bridgehead atoms. The van der Waals surface area contributed by atoms with Crippen LogP contribution in [0, 0.1) is 17.7 Å². The van der Waals surface area contributed by atoms with Crippen LogP contribution in [0.5, 0.6) is 0 Å². The predicted molar refractivity (Wildman–Crippen MR) is 111 cm³/mol. The molecule has 0 amide bonds. The number of aromatic nitrogens is 1. The van der Waals surface area contributed by atoms with E-state index in [9.17, 15) is 9.18 Å². The van der Waals surface area contributed by atoms with E-state index in [2.05, 4.69) is 16.8 Å². The zero-order chi connectivity index (χ0) is 19.3. The number of aromatic amines is 1. The van der Waals surface area contributed by atoms with E-state index in [0.717, 1.165) is 27.8 Å². The number of fused-ring (bicyclic) bond motifs is 1. The van der Waals surface area contributed by atoms with Gasteiger partial charge in [0.05, 0.1) is 0 Å². The van der Waals surface area contributed by atoms with Crippen molar-refractivity contribution in [3.63, 3.8) is 0 Å². The minimum atomic E-state index is -0.253. The smallest absolute Gasteiger partial charge is 0.192 e. The van der Waals surface area contributed by atoms with E-state index < -0.39 is 0 Å². The lowest BCUT2D eigenvalue weighted by Crippen LogP contribution is -2.10. The van der Waals surface area contributed by atoms with Crippen molar-refractivity contribution in [3.05, 3.63) is 117 Å². The van der Waals surface area contributed by atoms with Gasteiger partial charge in [-0.2, -0.15) is 0 Å². The third-order valence-corrected chi connectivity index (χ3v) is 4.63. The van der Waals surface area contributed by atoms with Crippen molar-refractivity contribution in [3.8, 4) is 11.8 Å². The van der Waals surface area contributed by atoms with Crippen molar-refractivity contribution in [2.75, 3.05) is 0 Å². The van der Waals surface area contributed by atoms with E-state index in [4.69, 9.17) is 0 Å². The SMILES string of the molecule is O=c1c(Cc2ccccc2)c[nH]c2ccc(C#CCc3ccc(F)cc3)cc12. The van der Waals surface area contributed by atoms with Crippen molar-refractivity contribution in [1.29, 1.82) is 0 Å². The van der Waals surface area contributed by atoms with Crippen LogP contribution in [0.25, 0.3) is 10.9 Å². The van der Waals surface area contributed by atoms with Crippen LogP contribution in [0.1, 0.15) is 22.3 Å². The second-order valence-electron chi connectivity index (χ2n) is 6.67. The summed E-state index contributed by atoms with van der Waals surface area (Å²) in [6, 6.07) is 21.9. The fourth-order valence-corrected chi connectivity index (χ4v) is 3.14. The first kappa shape index (κ1) is 17.8. The molecule has 0 spiro atoms. The molecule has 28 heavy (non-hydrogen) atoms. The van der Waals surface area contributed by atoms with Gasteiger partial charge in [0.25, 0.3) is 0 Å². The molecule has 0 fully saturated rings. The first-order chi connectivity index (χ1) is 13.7. The van der Waals surface area contributed by atoms with E-state index in [1.54, 1.807) is 18.3 Å². The molecule has 136 valence electrons. The number of pyridine rings is 1. The summed E-state index contributed by atoms with van der Waals surface area (Å²) in [7, 11) is 0. The second-order valence-corrected chi connectivity index (χ2v) is 6.67. The van der Waals surface area contributed by atoms with Crippen LogP contribution in [0.4, 0.5) is 4.39 Å². The first-order valence-electron chi connectivity index (χ1n) is 9.10. The molecule has 0 saturated heterocycles. The Balaban J connectivity index is 1.61. The quantitative estimate of drug-likeness (QED) is 0.516. The Kier molecular flexibility index (Phi) is 5.03. The summed E-state index contributed by atoms with van der Waals surface area (Å²) in [6.07, 6.45) is 2.91. The largest absolute Gasteiger partial charge is 0.361 e. The molecule has 3 heteroatoms. The summed E-state index contributed by atoms with van der Waals surface area (Å²) < 4.78 is 13.0. The van der Waals surface area contributed by atoms with Crippen molar-refractivity contribution >= 4 is 10.9 Å². The Hall–Kier alpha value is -3.64. The topological polar surface area (TPSA) is 32.9 Å². The van der Waals surface area contributed by atoms with Crippen molar-refractivity contribution in [1.82, 2.24) is 4.98 Å². The van der Waals surface area contributed by atoms with Gasteiger partial charge in [0.1, 0.15) is 5.82 Å². The Labute approximate surface area is 162 Å². The monoisotopic (exact) mass is 367 g/mol. The van der Waals surface area contributed by atoms with Crippen molar-refractivity contribution < 1.29 is 4.39 Å². The van der Waals surface area contributed by atoms with Gasteiger partial charge in [-0.25, -0.2) is 4.39 Å². The number of benzene rings is 3. The van der Waals surface area contributed by atoms with Gasteiger partial charge in [-0.15, -0.1) is 0 Å². The van der Waals surface area contributed by atoms with Gasteiger partial charge in [0.15, 0.2) is 5.43 Å². The minimum Gasteiger partial charge on any atom is -0.361 e. The molecule has 1 N–H and O–H groups in total. The van der Waals surface area contributed by atoms with Gasteiger partial charge in [0.2, 0.25) is 0 Å². The highest BCUT2D eigenvalue weighted by Crippen LogP contribution is 2.13. The number of halogens is 1. The standard InChI is InChI=1S/C25H18FNO/c26-22-12-9-18(10-13-22)7-4-8-20-11-14-24-23(16-20)25(28)21(17-27-24)15-19-5-2-1-3-6-19/h1-3,5-6,9-14,16-17H,7,15H2,(H,27,28). The molecule has 4 rings (SSSR count). The van der Waals surface area contributed by atoms with E-state index in [1.165, 1.54) is 12.1 Å². The van der Waals surface area contributed by atoms with Crippen LogP contribution in [-0.4, -0.2) is 4.98 Å². The molecule has 0 aliphatic rings. The van der Waals surface area contributed by atoms with Crippen LogP contribution in [-0.2, 0) is 12.8 Å². The fourth-order valence-electron chi connectivity index (χ4n) is 3.14. The normalized spacial score (nSPS) is 10.5. The van der Waals surface area contributed by atoms with Gasteiger partial charge in [-0.3, -0.25) is 4.79 Å². The van der Waals surface area contributed by atoms with Crippen LogP contribution in [0.3, 0.4) is 0 Å². The second kappa shape index (κ2) is 7.94. The number of hydrogen-bond donors (Lipinski definition) is 1. The van der Waals surface area contributed by atoms with Crippen LogP contribution in [0.15, 0.2) is 83.8 Å². The fraction of sp³-hybridized carbons (Fsp3) is 0.0800. The third-order valence-electron chi connectivity index (χ3n) is 4.63. The lowest BCUT2D eigenvalue weighted by atomic mass is 10.0. The molecule has 4 aromatic rings. The van der Waals surface area contributed by atoms with E-state index in [1.807, 2.05) is 48.5 Å². The summed E-state index contributed by atoms with van der Waals surface area (Å²) in [6.45, 7) is 0. The highest BCUT2D eigenvalue weighted by Gasteiger charge is 2.06. The van der Waals surface area contributed by atoms with E-state index in [0.29, 0.717) is 18.2 Å². The van der Waals surface area contributed by atoms with Gasteiger partial charge in [0, 0.05) is 41.1 Å². The zero-order valence-electron chi connectivity index (χ0n) is 15.2. The maximum atomic E-state index is 13.0. The summed E-state index contributed by atoms with van der Waals surface area (Å²) in [4.78, 5) is 16.1. The van der Waals surface area contributed by atoms with Crippen LogP contribution >= 0.6 is 0 Å². The van der Waals surface area contributed by atoms with Crippen molar-refractivity contribution in [2.45, 2.75) is 12.8 Å². The average molecular weight is 367 g/mol. The van der Waals surface area contributed by atoms with Crippen LogP contribution < -0.4 is 5.43 Å². The number of rotatable bonds is 3. The third kappa shape index (κ3) is 4.02. The maximum absolute atomic E-state index is 13.0. The number of H-pyrrole nitrogens is 1. The van der Waals surface area contributed by atoms with E-state index in [-0.39, 0.29) is 11.2 Å². The summed E-state index contributed by atoms with van der Waals surface area (Å²) >= 11 is 0. The number of nitrogens with one attached hydrogen (secondary N) is 1. The maximum Gasteiger partial charge on any atom is 0.192 e. The molecule has 1 heterocycles. The molecule has 0 aliphatic heterocycles. The molecule has 0 radical (unpaired) electrons. The molecule has 0 saturated carbocycles. The van der Waals surface area contributed by atoms with E-state index >= 15 is 0 Å². The van der Waals surface area contributed by atoms with Crippen LogP contribution in [0.2, 0.25) is 0 Å².